The van der Waals surface area contributed by atoms with E-state index in [1.165, 1.54) is 0 Å². The molecular weight excluding hydrogens is 126 g/mol. The van der Waals surface area contributed by atoms with Crippen LogP contribution in [0.15, 0.2) is 4.99 Å². The predicted molar refractivity (Wildman–Crippen MR) is 42.3 cm³/mol. The van der Waals surface area contributed by atoms with Crippen LogP contribution in [0, 0.1) is 5.92 Å². The molecule has 0 fully saturated rings. The molecule has 0 radical (unpaired) electrons. The fourth-order valence-electron chi connectivity index (χ4n) is 1.35. The second-order valence-electron chi connectivity index (χ2n) is 3.69. The second-order valence-corrected chi connectivity index (χ2v) is 3.69. The highest BCUT2D eigenvalue weighted by Crippen LogP contribution is 2.22. The summed E-state index contributed by atoms with van der Waals surface area (Å²) >= 11 is 0. The van der Waals surface area contributed by atoms with Crippen molar-refractivity contribution in [2.75, 3.05) is 6.61 Å². The van der Waals surface area contributed by atoms with Gasteiger partial charge in [-0.3, -0.25) is 4.99 Å². The van der Waals surface area contributed by atoms with E-state index in [0.29, 0.717) is 5.92 Å². The highest BCUT2D eigenvalue weighted by atomic mass is 16.5. The third kappa shape index (κ3) is 2.01. The van der Waals surface area contributed by atoms with Crippen LogP contribution in [-0.2, 0) is 4.74 Å². The summed E-state index contributed by atoms with van der Waals surface area (Å²) in [5.74, 6) is 0.623. The van der Waals surface area contributed by atoms with Crippen LogP contribution in [0.5, 0.6) is 0 Å². The molecule has 0 aromatic rings. The van der Waals surface area contributed by atoms with Crippen molar-refractivity contribution in [1.29, 1.82) is 0 Å². The Morgan fingerprint density at radius 3 is 3.00 bits per heavy atom. The maximum absolute atomic E-state index is 5.15. The molecule has 0 N–H and O–H groups in total. The molecule has 1 heterocycles. The van der Waals surface area contributed by atoms with Crippen LogP contribution in [0.2, 0.25) is 0 Å². The molecule has 0 bridgehead atoms. The van der Waals surface area contributed by atoms with E-state index in [1.807, 2.05) is 0 Å². The van der Waals surface area contributed by atoms with Gasteiger partial charge < -0.3 is 4.74 Å². The number of hydrogen-bond acceptors (Lipinski definition) is 2. The molecule has 0 aromatic heterocycles. The zero-order chi connectivity index (χ0) is 7.61. The Morgan fingerprint density at radius 2 is 2.30 bits per heavy atom. The van der Waals surface area contributed by atoms with Crippen LogP contribution in [0.25, 0.3) is 0 Å². The molecule has 2 heteroatoms. The molecular formula is C8H15NO. The zero-order valence-electron chi connectivity index (χ0n) is 6.92. The maximum Gasteiger partial charge on any atom is 0.169 e. The summed E-state index contributed by atoms with van der Waals surface area (Å²) in [5.41, 5.74) is 0.0793. The van der Waals surface area contributed by atoms with E-state index in [9.17, 15) is 0 Å². The minimum atomic E-state index is 0.0793. The highest BCUT2D eigenvalue weighted by Gasteiger charge is 2.21. The van der Waals surface area contributed by atoms with E-state index >= 15 is 0 Å². The van der Waals surface area contributed by atoms with Crippen molar-refractivity contribution in [3.63, 3.8) is 0 Å². The molecule has 1 aliphatic heterocycles. The average molecular weight is 141 g/mol. The Morgan fingerprint density at radius 1 is 1.60 bits per heavy atom. The number of hydrogen-bond donors (Lipinski definition) is 0. The van der Waals surface area contributed by atoms with Crippen molar-refractivity contribution < 1.29 is 4.74 Å². The number of aliphatic imine (C=N–C) groups is 1. The minimum absolute atomic E-state index is 0.0793. The monoisotopic (exact) mass is 141 g/mol. The standard InChI is InChI=1S/C8H15NO/c1-7-4-8(2,3)9-6-10-5-7/h6-7H,4-5H2,1-3H3. The van der Waals surface area contributed by atoms with Crippen LogP contribution in [-0.4, -0.2) is 18.5 Å². The molecule has 1 aliphatic rings. The fourth-order valence-corrected chi connectivity index (χ4v) is 1.35. The molecule has 2 nitrogen and oxygen atoms in total. The van der Waals surface area contributed by atoms with Gasteiger partial charge in [0.25, 0.3) is 0 Å². The van der Waals surface area contributed by atoms with Gasteiger partial charge in [-0.25, -0.2) is 0 Å². The molecule has 0 saturated carbocycles. The quantitative estimate of drug-likeness (QED) is 0.504. The summed E-state index contributed by atoms with van der Waals surface area (Å²) in [4.78, 5) is 4.26. The van der Waals surface area contributed by atoms with Gasteiger partial charge in [0.2, 0.25) is 0 Å². The molecule has 0 spiro atoms. The Kier molecular flexibility index (Phi) is 1.97. The Bertz CT molecular complexity index is 140. The van der Waals surface area contributed by atoms with E-state index in [0.717, 1.165) is 13.0 Å². The lowest BCUT2D eigenvalue weighted by molar-refractivity contribution is 0.251. The van der Waals surface area contributed by atoms with Gasteiger partial charge in [-0.15, -0.1) is 0 Å². The van der Waals surface area contributed by atoms with E-state index in [-0.39, 0.29) is 5.54 Å². The molecule has 0 amide bonds. The Labute approximate surface area is 62.3 Å². The van der Waals surface area contributed by atoms with Crippen LogP contribution < -0.4 is 0 Å². The van der Waals surface area contributed by atoms with Gasteiger partial charge in [-0.2, -0.15) is 0 Å². The van der Waals surface area contributed by atoms with Crippen molar-refractivity contribution in [3.8, 4) is 0 Å². The molecule has 58 valence electrons. The largest absolute Gasteiger partial charge is 0.483 e. The number of nitrogens with zero attached hydrogens (tertiary/aromatic N) is 1. The van der Waals surface area contributed by atoms with Crippen LogP contribution in [0.1, 0.15) is 27.2 Å². The first kappa shape index (κ1) is 7.58. The molecule has 1 unspecified atom stereocenters. The van der Waals surface area contributed by atoms with Crippen molar-refractivity contribution in [2.24, 2.45) is 10.9 Å². The van der Waals surface area contributed by atoms with Crippen molar-refractivity contribution in [2.45, 2.75) is 32.7 Å². The number of ether oxygens (including phenoxy) is 1. The highest BCUT2D eigenvalue weighted by molar-refractivity contribution is 5.47. The number of rotatable bonds is 0. The lowest BCUT2D eigenvalue weighted by Crippen LogP contribution is -2.19. The smallest absolute Gasteiger partial charge is 0.169 e. The van der Waals surface area contributed by atoms with Crippen LogP contribution >= 0.6 is 0 Å². The van der Waals surface area contributed by atoms with Crippen molar-refractivity contribution in [1.82, 2.24) is 0 Å². The molecule has 1 atom stereocenters. The third-order valence-electron chi connectivity index (χ3n) is 1.71. The fraction of sp³-hybridized carbons (Fsp3) is 0.875. The van der Waals surface area contributed by atoms with Crippen molar-refractivity contribution in [3.05, 3.63) is 0 Å². The zero-order valence-corrected chi connectivity index (χ0v) is 6.92. The van der Waals surface area contributed by atoms with Gasteiger partial charge >= 0.3 is 0 Å². The summed E-state index contributed by atoms with van der Waals surface area (Å²) in [6.07, 6.45) is 2.70. The summed E-state index contributed by atoms with van der Waals surface area (Å²) in [6.45, 7) is 7.27. The van der Waals surface area contributed by atoms with Crippen LogP contribution in [0.4, 0.5) is 0 Å². The van der Waals surface area contributed by atoms with E-state index in [1.54, 1.807) is 6.40 Å². The average Bonchev–Trinajstić information content (AvgIpc) is 1.90. The lowest BCUT2D eigenvalue weighted by Gasteiger charge is -2.19. The molecule has 0 saturated heterocycles. The first-order valence-electron chi connectivity index (χ1n) is 3.75. The van der Waals surface area contributed by atoms with E-state index in [4.69, 9.17) is 4.74 Å². The summed E-state index contributed by atoms with van der Waals surface area (Å²) in [6, 6.07) is 0. The van der Waals surface area contributed by atoms with E-state index < -0.39 is 0 Å². The third-order valence-corrected chi connectivity index (χ3v) is 1.71. The summed E-state index contributed by atoms with van der Waals surface area (Å²) in [7, 11) is 0. The Hall–Kier alpha value is -0.530. The second kappa shape index (κ2) is 2.60. The minimum Gasteiger partial charge on any atom is -0.483 e. The topological polar surface area (TPSA) is 21.6 Å². The van der Waals surface area contributed by atoms with Gasteiger partial charge in [0.15, 0.2) is 6.40 Å². The molecule has 0 aliphatic carbocycles. The van der Waals surface area contributed by atoms with Crippen molar-refractivity contribution >= 4 is 6.40 Å². The predicted octanol–water partition coefficient (Wildman–Crippen LogP) is 1.85. The Balaban J connectivity index is 2.59. The normalized spacial score (nSPS) is 30.9. The first-order valence-corrected chi connectivity index (χ1v) is 3.75. The van der Waals surface area contributed by atoms with Gasteiger partial charge in [-0.05, 0) is 26.2 Å². The maximum atomic E-state index is 5.15. The molecule has 1 rings (SSSR count). The summed E-state index contributed by atoms with van der Waals surface area (Å²) < 4.78 is 5.15. The van der Waals surface area contributed by atoms with Crippen LogP contribution in [0.3, 0.4) is 0 Å². The lowest BCUT2D eigenvalue weighted by atomic mass is 9.93. The first-order chi connectivity index (χ1) is 4.60. The van der Waals surface area contributed by atoms with Gasteiger partial charge in [0.05, 0.1) is 12.1 Å². The SMILES string of the molecule is CC1COC=NC(C)(C)C1. The van der Waals surface area contributed by atoms with E-state index in [2.05, 4.69) is 25.8 Å². The van der Waals surface area contributed by atoms with Gasteiger partial charge in [0.1, 0.15) is 0 Å². The van der Waals surface area contributed by atoms with Gasteiger partial charge in [0, 0.05) is 0 Å². The summed E-state index contributed by atoms with van der Waals surface area (Å²) in [5, 5.41) is 0. The van der Waals surface area contributed by atoms with Gasteiger partial charge in [-0.1, -0.05) is 6.92 Å². The molecule has 10 heavy (non-hydrogen) atoms. The molecule has 0 aromatic carbocycles.